The van der Waals surface area contributed by atoms with Crippen LogP contribution in [0.1, 0.15) is 12.0 Å². The van der Waals surface area contributed by atoms with Gasteiger partial charge in [-0.25, -0.2) is 0 Å². The number of hydrogen-bond donors (Lipinski definition) is 2. The molecule has 0 atom stereocenters. The van der Waals surface area contributed by atoms with Gasteiger partial charge < -0.3 is 19.7 Å². The highest BCUT2D eigenvalue weighted by atomic mass is 35.5. The van der Waals surface area contributed by atoms with Gasteiger partial charge in [0.05, 0.1) is 26.3 Å². The Morgan fingerprint density at radius 2 is 2.18 bits per heavy atom. The van der Waals surface area contributed by atoms with E-state index in [0.717, 1.165) is 55.7 Å². The SMILES string of the molecule is C=CCOc1ccc(Cl)cc1C[NH2+]CCC[NH+]1CCOCC1. The lowest BCUT2D eigenvalue weighted by Gasteiger charge is -2.23. The summed E-state index contributed by atoms with van der Waals surface area (Å²) in [6.07, 6.45) is 2.98. The molecule has 1 saturated heterocycles. The zero-order valence-electron chi connectivity index (χ0n) is 13.2. The van der Waals surface area contributed by atoms with Crippen LogP contribution in [-0.4, -0.2) is 46.0 Å². The Kier molecular flexibility index (Phi) is 7.74. The normalized spacial score (nSPS) is 15.7. The predicted octanol–water partition coefficient (Wildman–Crippen LogP) is 0.273. The topological polar surface area (TPSA) is 39.5 Å². The molecule has 0 aliphatic carbocycles. The first-order chi connectivity index (χ1) is 10.8. The number of ether oxygens (including phenoxy) is 2. The number of quaternary nitrogens is 2. The van der Waals surface area contributed by atoms with E-state index in [1.165, 1.54) is 13.0 Å². The lowest BCUT2D eigenvalue weighted by molar-refractivity contribution is -0.909. The molecule has 0 spiro atoms. The summed E-state index contributed by atoms with van der Waals surface area (Å²) in [7, 11) is 0. The third kappa shape index (κ3) is 5.97. The lowest BCUT2D eigenvalue weighted by atomic mass is 10.2. The first-order valence-electron chi connectivity index (χ1n) is 8.04. The van der Waals surface area contributed by atoms with Crippen molar-refractivity contribution in [1.82, 2.24) is 0 Å². The highest BCUT2D eigenvalue weighted by Gasteiger charge is 2.13. The minimum atomic E-state index is 0.523. The van der Waals surface area contributed by atoms with Gasteiger partial charge in [-0.3, -0.25) is 0 Å². The largest absolute Gasteiger partial charge is 0.489 e. The molecule has 0 aromatic heterocycles. The van der Waals surface area contributed by atoms with Gasteiger partial charge in [-0.15, -0.1) is 0 Å². The van der Waals surface area contributed by atoms with Crippen molar-refractivity contribution < 1.29 is 19.7 Å². The second-order valence-corrected chi connectivity index (χ2v) is 6.04. The number of nitrogens with two attached hydrogens (primary N) is 1. The summed E-state index contributed by atoms with van der Waals surface area (Å²) in [6.45, 7) is 11.6. The summed E-state index contributed by atoms with van der Waals surface area (Å²) in [5.41, 5.74) is 1.15. The van der Waals surface area contributed by atoms with E-state index >= 15 is 0 Å². The summed E-state index contributed by atoms with van der Waals surface area (Å²) in [4.78, 5) is 1.66. The maximum Gasteiger partial charge on any atom is 0.128 e. The van der Waals surface area contributed by atoms with Gasteiger partial charge >= 0.3 is 0 Å². The van der Waals surface area contributed by atoms with E-state index in [-0.39, 0.29) is 0 Å². The Hall–Kier alpha value is -1.07. The maximum absolute atomic E-state index is 6.09. The molecule has 1 aromatic carbocycles. The van der Waals surface area contributed by atoms with E-state index in [2.05, 4.69) is 11.9 Å². The van der Waals surface area contributed by atoms with E-state index in [9.17, 15) is 0 Å². The van der Waals surface area contributed by atoms with Gasteiger partial charge in [-0.1, -0.05) is 24.3 Å². The Morgan fingerprint density at radius 3 is 2.95 bits per heavy atom. The lowest BCUT2D eigenvalue weighted by Crippen LogP contribution is -3.14. The third-order valence-corrected chi connectivity index (χ3v) is 4.12. The fraction of sp³-hybridized carbons (Fsp3) is 0.529. The molecular weight excluding hydrogens is 300 g/mol. The van der Waals surface area contributed by atoms with Crippen LogP contribution >= 0.6 is 11.6 Å². The quantitative estimate of drug-likeness (QED) is 0.505. The Labute approximate surface area is 138 Å². The Morgan fingerprint density at radius 1 is 1.36 bits per heavy atom. The average molecular weight is 327 g/mol. The van der Waals surface area contributed by atoms with Crippen LogP contribution < -0.4 is 15.0 Å². The molecule has 122 valence electrons. The molecule has 1 heterocycles. The van der Waals surface area contributed by atoms with Gasteiger partial charge in [0.25, 0.3) is 0 Å². The van der Waals surface area contributed by atoms with Crippen molar-refractivity contribution in [3.63, 3.8) is 0 Å². The van der Waals surface area contributed by atoms with Gasteiger partial charge in [0.15, 0.2) is 0 Å². The third-order valence-electron chi connectivity index (χ3n) is 3.88. The number of hydrogen-bond acceptors (Lipinski definition) is 2. The number of rotatable bonds is 9. The number of morpholine rings is 1. The van der Waals surface area contributed by atoms with Gasteiger partial charge in [0.2, 0.25) is 0 Å². The van der Waals surface area contributed by atoms with Gasteiger partial charge in [0.1, 0.15) is 32.0 Å². The summed E-state index contributed by atoms with van der Waals surface area (Å²) in [5.74, 6) is 0.902. The molecular formula is C17H27ClN2O2+2. The van der Waals surface area contributed by atoms with Crippen molar-refractivity contribution in [3.05, 3.63) is 41.4 Å². The molecule has 0 radical (unpaired) electrons. The molecule has 5 heteroatoms. The van der Waals surface area contributed by atoms with Crippen molar-refractivity contribution in [3.8, 4) is 5.75 Å². The van der Waals surface area contributed by atoms with Gasteiger partial charge in [-0.05, 0) is 18.2 Å². The van der Waals surface area contributed by atoms with Crippen LogP contribution in [0.5, 0.6) is 5.75 Å². The molecule has 4 nitrogen and oxygen atoms in total. The van der Waals surface area contributed by atoms with Crippen molar-refractivity contribution >= 4 is 11.6 Å². The highest BCUT2D eigenvalue weighted by molar-refractivity contribution is 6.30. The monoisotopic (exact) mass is 326 g/mol. The van der Waals surface area contributed by atoms with Crippen LogP contribution in [0.15, 0.2) is 30.9 Å². The first kappa shape index (κ1) is 17.3. The van der Waals surface area contributed by atoms with Crippen LogP contribution in [0.25, 0.3) is 0 Å². The van der Waals surface area contributed by atoms with Crippen LogP contribution in [-0.2, 0) is 11.3 Å². The fourth-order valence-corrected chi connectivity index (χ4v) is 2.86. The van der Waals surface area contributed by atoms with Gasteiger partial charge in [0, 0.05) is 17.0 Å². The molecule has 1 fully saturated rings. The molecule has 0 unspecified atom stereocenters. The average Bonchev–Trinajstić information content (AvgIpc) is 2.55. The molecule has 1 aliphatic heterocycles. The minimum absolute atomic E-state index is 0.523. The number of nitrogens with one attached hydrogen (secondary N) is 1. The first-order valence-corrected chi connectivity index (χ1v) is 8.42. The standard InChI is InChI=1S/C17H25ClN2O2/c1-2-10-22-17-5-4-16(18)13-15(17)14-19-6-3-7-20-8-11-21-12-9-20/h2,4-5,13,19H,1,3,6-12,14H2/p+2. The van der Waals surface area contributed by atoms with Crippen LogP contribution in [0.2, 0.25) is 5.02 Å². The molecule has 2 rings (SSSR count). The summed E-state index contributed by atoms with van der Waals surface area (Å²) in [5, 5.41) is 3.08. The van der Waals surface area contributed by atoms with E-state index in [0.29, 0.717) is 6.61 Å². The minimum Gasteiger partial charge on any atom is -0.489 e. The molecule has 22 heavy (non-hydrogen) atoms. The molecule has 0 bridgehead atoms. The smallest absolute Gasteiger partial charge is 0.128 e. The van der Waals surface area contributed by atoms with E-state index in [1.54, 1.807) is 11.0 Å². The van der Waals surface area contributed by atoms with Crippen molar-refractivity contribution in [2.75, 3.05) is 46.0 Å². The zero-order chi connectivity index (χ0) is 15.6. The second kappa shape index (κ2) is 9.85. The Balaban J connectivity index is 1.71. The van der Waals surface area contributed by atoms with Crippen LogP contribution in [0.4, 0.5) is 0 Å². The highest BCUT2D eigenvalue weighted by Crippen LogP contribution is 2.22. The molecule has 0 amide bonds. The van der Waals surface area contributed by atoms with Crippen molar-refractivity contribution in [2.24, 2.45) is 0 Å². The number of halogens is 1. The molecule has 1 aliphatic rings. The Bertz CT molecular complexity index is 462. The zero-order valence-corrected chi connectivity index (χ0v) is 13.9. The van der Waals surface area contributed by atoms with E-state index < -0.39 is 0 Å². The van der Waals surface area contributed by atoms with E-state index in [4.69, 9.17) is 21.1 Å². The fourth-order valence-electron chi connectivity index (χ4n) is 2.66. The molecule has 0 saturated carbocycles. The predicted molar refractivity (Wildman–Crippen MR) is 88.6 cm³/mol. The molecule has 1 aromatic rings. The summed E-state index contributed by atoms with van der Waals surface area (Å²) < 4.78 is 11.1. The van der Waals surface area contributed by atoms with Gasteiger partial charge in [-0.2, -0.15) is 0 Å². The van der Waals surface area contributed by atoms with E-state index in [1.807, 2.05) is 18.2 Å². The van der Waals surface area contributed by atoms with Crippen LogP contribution in [0.3, 0.4) is 0 Å². The summed E-state index contributed by atoms with van der Waals surface area (Å²) >= 11 is 6.09. The van der Waals surface area contributed by atoms with Crippen molar-refractivity contribution in [1.29, 1.82) is 0 Å². The van der Waals surface area contributed by atoms with Crippen LogP contribution in [0, 0.1) is 0 Å². The van der Waals surface area contributed by atoms with Crippen molar-refractivity contribution in [2.45, 2.75) is 13.0 Å². The molecule has 3 N–H and O–H groups in total. The maximum atomic E-state index is 6.09. The summed E-state index contributed by atoms with van der Waals surface area (Å²) in [6, 6.07) is 5.79. The number of benzene rings is 1. The second-order valence-electron chi connectivity index (χ2n) is 5.60.